The van der Waals surface area contributed by atoms with Gasteiger partial charge in [0.25, 0.3) is 0 Å². The Morgan fingerprint density at radius 2 is 1.74 bits per heavy atom. The summed E-state index contributed by atoms with van der Waals surface area (Å²) in [5, 5.41) is 11.5. The highest BCUT2D eigenvalue weighted by Gasteiger charge is 2.28. The Morgan fingerprint density at radius 3 is 2.39 bits per heavy atom. The SMILES string of the molecule is N#Cc1ccc(C=CCCNC(=O)OCC2c3ccccc3-c3ccccc32)c(F)c1. The van der Waals surface area contributed by atoms with Crippen LogP contribution in [0.15, 0.2) is 72.8 Å². The molecular weight excluding hydrogens is 391 g/mol. The topological polar surface area (TPSA) is 62.1 Å². The van der Waals surface area contributed by atoms with Crippen molar-refractivity contribution in [1.82, 2.24) is 5.32 Å². The van der Waals surface area contributed by atoms with Crippen LogP contribution in [0.3, 0.4) is 0 Å². The number of amides is 1. The zero-order valence-electron chi connectivity index (χ0n) is 16.8. The third kappa shape index (κ3) is 4.49. The molecule has 1 amide bonds. The molecule has 0 atom stereocenters. The van der Waals surface area contributed by atoms with Crippen LogP contribution in [0.1, 0.15) is 34.6 Å². The second-order valence-corrected chi connectivity index (χ2v) is 7.29. The van der Waals surface area contributed by atoms with Crippen LogP contribution in [-0.4, -0.2) is 19.2 Å². The third-order valence-corrected chi connectivity index (χ3v) is 5.35. The molecule has 1 N–H and O–H groups in total. The molecule has 0 radical (unpaired) electrons. The van der Waals surface area contributed by atoms with Crippen LogP contribution >= 0.6 is 0 Å². The number of hydrogen-bond donors (Lipinski definition) is 1. The first-order valence-electron chi connectivity index (χ1n) is 10.1. The minimum absolute atomic E-state index is 0.0254. The van der Waals surface area contributed by atoms with Gasteiger partial charge < -0.3 is 10.1 Å². The maximum atomic E-state index is 13.8. The van der Waals surface area contributed by atoms with Crippen molar-refractivity contribution < 1.29 is 13.9 Å². The van der Waals surface area contributed by atoms with Gasteiger partial charge in [-0.2, -0.15) is 5.26 Å². The second-order valence-electron chi connectivity index (χ2n) is 7.29. The van der Waals surface area contributed by atoms with Gasteiger partial charge in [0.05, 0.1) is 11.6 Å². The van der Waals surface area contributed by atoms with E-state index in [2.05, 4.69) is 29.6 Å². The number of ether oxygens (including phenoxy) is 1. The maximum absolute atomic E-state index is 13.8. The van der Waals surface area contributed by atoms with Crippen LogP contribution in [0.2, 0.25) is 0 Å². The van der Waals surface area contributed by atoms with E-state index in [1.54, 1.807) is 24.3 Å². The number of carbonyl (C=O) groups is 1. The smallest absolute Gasteiger partial charge is 0.407 e. The van der Waals surface area contributed by atoms with Crippen LogP contribution < -0.4 is 5.32 Å². The molecule has 0 aromatic heterocycles. The number of nitrogens with one attached hydrogen (secondary N) is 1. The molecule has 1 aliphatic carbocycles. The van der Waals surface area contributed by atoms with E-state index in [1.807, 2.05) is 30.3 Å². The zero-order chi connectivity index (χ0) is 21.6. The van der Waals surface area contributed by atoms with Crippen molar-refractivity contribution in [2.24, 2.45) is 0 Å². The van der Waals surface area contributed by atoms with Crippen LogP contribution in [0.25, 0.3) is 17.2 Å². The van der Waals surface area contributed by atoms with E-state index in [9.17, 15) is 9.18 Å². The molecule has 0 saturated carbocycles. The number of carbonyl (C=O) groups excluding carboxylic acids is 1. The molecule has 4 nitrogen and oxygen atoms in total. The van der Waals surface area contributed by atoms with E-state index in [0.717, 1.165) is 0 Å². The Labute approximate surface area is 180 Å². The predicted octanol–water partition coefficient (Wildman–Crippen LogP) is 5.64. The lowest BCUT2D eigenvalue weighted by molar-refractivity contribution is 0.143. The lowest BCUT2D eigenvalue weighted by Crippen LogP contribution is -2.26. The number of nitriles is 1. The number of rotatable bonds is 6. The molecule has 3 aromatic rings. The fourth-order valence-corrected chi connectivity index (χ4v) is 3.85. The summed E-state index contributed by atoms with van der Waals surface area (Å²) in [5.74, 6) is -0.419. The Bertz CT molecular complexity index is 1130. The highest BCUT2D eigenvalue weighted by atomic mass is 19.1. The first kappa shape index (κ1) is 20.4. The van der Waals surface area contributed by atoms with Gasteiger partial charge in [-0.15, -0.1) is 0 Å². The van der Waals surface area contributed by atoms with Gasteiger partial charge in [-0.3, -0.25) is 0 Å². The fourth-order valence-electron chi connectivity index (χ4n) is 3.85. The van der Waals surface area contributed by atoms with Gasteiger partial charge in [0.15, 0.2) is 0 Å². The molecule has 0 fully saturated rings. The van der Waals surface area contributed by atoms with Crippen molar-refractivity contribution in [2.45, 2.75) is 12.3 Å². The Hall–Kier alpha value is -3.91. The number of halogens is 1. The molecule has 4 rings (SSSR count). The highest BCUT2D eigenvalue weighted by molar-refractivity contribution is 5.79. The maximum Gasteiger partial charge on any atom is 0.407 e. The normalized spacial score (nSPS) is 12.3. The minimum atomic E-state index is -0.472. The standard InChI is InChI=1S/C26H21FN2O2/c27-25-15-18(16-28)12-13-19(25)7-5-6-14-29-26(30)31-17-24-22-10-3-1-8-20(22)21-9-2-4-11-23(21)24/h1-5,7-13,15,24H,6,14,17H2,(H,29,30). The summed E-state index contributed by atoms with van der Waals surface area (Å²) < 4.78 is 19.3. The lowest BCUT2D eigenvalue weighted by Gasteiger charge is -2.14. The van der Waals surface area contributed by atoms with Crippen molar-refractivity contribution in [3.63, 3.8) is 0 Å². The molecular formula is C26H21FN2O2. The molecule has 1 aliphatic rings. The zero-order valence-corrected chi connectivity index (χ0v) is 16.8. The molecule has 154 valence electrons. The first-order chi connectivity index (χ1) is 15.2. The summed E-state index contributed by atoms with van der Waals surface area (Å²) in [7, 11) is 0. The van der Waals surface area contributed by atoms with E-state index in [0.29, 0.717) is 18.5 Å². The number of nitrogens with zero attached hydrogens (tertiary/aromatic N) is 1. The van der Waals surface area contributed by atoms with Crippen molar-refractivity contribution in [1.29, 1.82) is 5.26 Å². The summed E-state index contributed by atoms with van der Waals surface area (Å²) in [6, 6.07) is 22.6. The largest absolute Gasteiger partial charge is 0.449 e. The molecule has 0 saturated heterocycles. The number of alkyl carbamates (subject to hydrolysis) is 1. The van der Waals surface area contributed by atoms with Crippen LogP contribution in [0, 0.1) is 17.1 Å². The molecule has 0 bridgehead atoms. The molecule has 0 unspecified atom stereocenters. The highest BCUT2D eigenvalue weighted by Crippen LogP contribution is 2.44. The van der Waals surface area contributed by atoms with E-state index < -0.39 is 11.9 Å². The number of hydrogen-bond acceptors (Lipinski definition) is 3. The molecule has 31 heavy (non-hydrogen) atoms. The Morgan fingerprint density at radius 1 is 1.06 bits per heavy atom. The van der Waals surface area contributed by atoms with Gasteiger partial charge in [-0.25, -0.2) is 9.18 Å². The van der Waals surface area contributed by atoms with E-state index in [1.165, 1.54) is 28.3 Å². The number of fused-ring (bicyclic) bond motifs is 3. The molecule has 0 heterocycles. The molecule has 5 heteroatoms. The summed E-state index contributed by atoms with van der Waals surface area (Å²) in [5.41, 5.74) is 5.40. The Kier molecular flexibility index (Phi) is 6.09. The first-order valence-corrected chi connectivity index (χ1v) is 10.1. The third-order valence-electron chi connectivity index (χ3n) is 5.35. The second kappa shape index (κ2) is 9.27. The summed E-state index contributed by atoms with van der Waals surface area (Å²) in [6.45, 7) is 0.650. The van der Waals surface area contributed by atoms with Gasteiger partial charge in [-0.1, -0.05) is 66.7 Å². The summed E-state index contributed by atoms with van der Waals surface area (Å²) in [4.78, 5) is 12.1. The van der Waals surface area contributed by atoms with Gasteiger partial charge in [0, 0.05) is 18.0 Å². The van der Waals surface area contributed by atoms with Gasteiger partial charge >= 0.3 is 6.09 Å². The molecule has 0 spiro atoms. The Balaban J connectivity index is 1.27. The quantitative estimate of drug-likeness (QED) is 0.533. The monoisotopic (exact) mass is 412 g/mol. The van der Waals surface area contributed by atoms with E-state index in [-0.39, 0.29) is 18.1 Å². The summed E-state index contributed by atoms with van der Waals surface area (Å²) >= 11 is 0. The predicted molar refractivity (Wildman–Crippen MR) is 118 cm³/mol. The molecule has 3 aromatic carbocycles. The van der Waals surface area contributed by atoms with Crippen molar-refractivity contribution in [3.8, 4) is 17.2 Å². The fraction of sp³-hybridized carbons (Fsp3) is 0.154. The van der Waals surface area contributed by atoms with Crippen molar-refractivity contribution in [2.75, 3.05) is 13.2 Å². The average molecular weight is 412 g/mol. The van der Waals surface area contributed by atoms with Crippen molar-refractivity contribution >= 4 is 12.2 Å². The number of benzene rings is 3. The minimum Gasteiger partial charge on any atom is -0.449 e. The summed E-state index contributed by atoms with van der Waals surface area (Å²) in [6.07, 6.45) is 3.47. The van der Waals surface area contributed by atoms with E-state index in [4.69, 9.17) is 10.00 Å². The van der Waals surface area contributed by atoms with Crippen molar-refractivity contribution in [3.05, 3.63) is 101 Å². The van der Waals surface area contributed by atoms with Gasteiger partial charge in [-0.05, 0) is 40.8 Å². The molecule has 0 aliphatic heterocycles. The van der Waals surface area contributed by atoms with Crippen LogP contribution in [0.4, 0.5) is 9.18 Å². The van der Waals surface area contributed by atoms with Gasteiger partial charge in [0.2, 0.25) is 0 Å². The van der Waals surface area contributed by atoms with Crippen LogP contribution in [-0.2, 0) is 4.74 Å². The average Bonchev–Trinajstić information content (AvgIpc) is 3.12. The van der Waals surface area contributed by atoms with Crippen LogP contribution in [0.5, 0.6) is 0 Å². The lowest BCUT2D eigenvalue weighted by atomic mass is 9.98. The van der Waals surface area contributed by atoms with E-state index >= 15 is 0 Å². The van der Waals surface area contributed by atoms with Gasteiger partial charge in [0.1, 0.15) is 12.4 Å².